The number of Topliss-reactive ketones (excluding diaryl/α,β-unsaturated/α-hetero) is 1. The standard InChI is InChI=1S/C17H33NO2/c1-4-6-7-8-9-10-11-12-13-14-17(20)18(3)15-16(19)5-2/h4-15H2,1-3H3. The molecule has 0 aliphatic carbocycles. The van der Waals surface area contributed by atoms with Gasteiger partial charge in [-0.05, 0) is 6.42 Å². The first-order valence-corrected chi connectivity index (χ1v) is 8.37. The van der Waals surface area contributed by atoms with Crippen LogP contribution in [0.4, 0.5) is 0 Å². The molecule has 3 heteroatoms. The Morgan fingerprint density at radius 3 is 1.80 bits per heavy atom. The van der Waals surface area contributed by atoms with Gasteiger partial charge in [-0.25, -0.2) is 0 Å². The molecule has 0 spiro atoms. The fourth-order valence-corrected chi connectivity index (χ4v) is 2.24. The van der Waals surface area contributed by atoms with Crippen LogP contribution in [-0.4, -0.2) is 30.2 Å². The zero-order valence-electron chi connectivity index (χ0n) is 13.7. The monoisotopic (exact) mass is 283 g/mol. The van der Waals surface area contributed by atoms with Crippen molar-refractivity contribution in [1.82, 2.24) is 4.90 Å². The molecule has 0 bridgehead atoms. The number of nitrogens with zero attached hydrogens (tertiary/aromatic N) is 1. The molecule has 0 heterocycles. The maximum Gasteiger partial charge on any atom is 0.222 e. The molecule has 0 saturated heterocycles. The van der Waals surface area contributed by atoms with E-state index < -0.39 is 0 Å². The summed E-state index contributed by atoms with van der Waals surface area (Å²) in [6.07, 6.45) is 12.4. The van der Waals surface area contributed by atoms with Crippen molar-refractivity contribution in [1.29, 1.82) is 0 Å². The predicted molar refractivity (Wildman–Crippen MR) is 84.8 cm³/mol. The first-order chi connectivity index (χ1) is 9.61. The van der Waals surface area contributed by atoms with Crippen molar-refractivity contribution in [3.63, 3.8) is 0 Å². The highest BCUT2D eigenvalue weighted by atomic mass is 16.2. The molecule has 0 atom stereocenters. The Morgan fingerprint density at radius 1 is 0.800 bits per heavy atom. The van der Waals surface area contributed by atoms with Gasteiger partial charge in [0.25, 0.3) is 0 Å². The second kappa shape index (κ2) is 13.1. The van der Waals surface area contributed by atoms with Crippen molar-refractivity contribution >= 4 is 11.7 Å². The molecule has 0 radical (unpaired) electrons. The Morgan fingerprint density at radius 2 is 1.30 bits per heavy atom. The normalized spacial score (nSPS) is 10.6. The lowest BCUT2D eigenvalue weighted by atomic mass is 10.1. The average Bonchev–Trinajstić information content (AvgIpc) is 2.45. The van der Waals surface area contributed by atoms with Crippen LogP contribution < -0.4 is 0 Å². The molecule has 0 aromatic heterocycles. The summed E-state index contributed by atoms with van der Waals surface area (Å²) in [7, 11) is 1.73. The van der Waals surface area contributed by atoms with Gasteiger partial charge in [0.1, 0.15) is 0 Å². The number of ketones is 1. The molecule has 0 aliphatic rings. The van der Waals surface area contributed by atoms with Gasteiger partial charge >= 0.3 is 0 Å². The van der Waals surface area contributed by atoms with Gasteiger partial charge in [-0.1, -0.05) is 65.2 Å². The lowest BCUT2D eigenvalue weighted by molar-refractivity contribution is -0.134. The van der Waals surface area contributed by atoms with E-state index in [2.05, 4.69) is 6.92 Å². The lowest BCUT2D eigenvalue weighted by Crippen LogP contribution is -2.31. The molecule has 0 unspecified atom stereocenters. The van der Waals surface area contributed by atoms with Gasteiger partial charge in [0.2, 0.25) is 5.91 Å². The summed E-state index contributed by atoms with van der Waals surface area (Å²) in [5.41, 5.74) is 0. The molecule has 0 aliphatic heterocycles. The molecule has 118 valence electrons. The third kappa shape index (κ3) is 11.0. The molecular formula is C17H33NO2. The number of hydrogen-bond donors (Lipinski definition) is 0. The van der Waals surface area contributed by atoms with Crippen molar-refractivity contribution in [2.75, 3.05) is 13.6 Å². The first kappa shape index (κ1) is 19.1. The predicted octanol–water partition coefficient (Wildman–Crippen LogP) is 4.34. The van der Waals surface area contributed by atoms with Crippen LogP contribution in [0.1, 0.15) is 84.5 Å². The topological polar surface area (TPSA) is 37.4 Å². The molecule has 0 aromatic rings. The van der Waals surface area contributed by atoms with Gasteiger partial charge in [-0.15, -0.1) is 0 Å². The minimum absolute atomic E-state index is 0.106. The largest absolute Gasteiger partial charge is 0.338 e. The second-order valence-corrected chi connectivity index (χ2v) is 5.72. The summed E-state index contributed by atoms with van der Waals surface area (Å²) in [5.74, 6) is 0.239. The summed E-state index contributed by atoms with van der Waals surface area (Å²) < 4.78 is 0. The summed E-state index contributed by atoms with van der Waals surface area (Å²) in [6.45, 7) is 4.34. The van der Waals surface area contributed by atoms with Gasteiger partial charge < -0.3 is 4.90 Å². The summed E-state index contributed by atoms with van der Waals surface area (Å²) in [6, 6.07) is 0. The van der Waals surface area contributed by atoms with Crippen LogP contribution in [0.2, 0.25) is 0 Å². The van der Waals surface area contributed by atoms with E-state index in [0.717, 1.165) is 12.8 Å². The zero-order chi connectivity index (χ0) is 15.2. The molecule has 0 rings (SSSR count). The number of carbonyl (C=O) groups is 2. The molecule has 0 aromatic carbocycles. The van der Waals surface area contributed by atoms with Crippen molar-refractivity contribution in [2.45, 2.75) is 84.5 Å². The van der Waals surface area contributed by atoms with E-state index in [1.54, 1.807) is 11.9 Å². The van der Waals surface area contributed by atoms with Crippen molar-refractivity contribution in [3.05, 3.63) is 0 Å². The lowest BCUT2D eigenvalue weighted by Gasteiger charge is -2.15. The Bertz CT molecular complexity index is 264. The maximum atomic E-state index is 11.8. The molecule has 1 amide bonds. The van der Waals surface area contributed by atoms with E-state index in [0.29, 0.717) is 12.8 Å². The van der Waals surface area contributed by atoms with E-state index in [9.17, 15) is 9.59 Å². The van der Waals surface area contributed by atoms with Gasteiger partial charge in [-0.2, -0.15) is 0 Å². The Labute approximate surface area is 125 Å². The van der Waals surface area contributed by atoms with Crippen LogP contribution >= 0.6 is 0 Å². The van der Waals surface area contributed by atoms with Crippen LogP contribution in [0.3, 0.4) is 0 Å². The van der Waals surface area contributed by atoms with Gasteiger partial charge in [0.15, 0.2) is 5.78 Å². The van der Waals surface area contributed by atoms with E-state index in [-0.39, 0.29) is 18.2 Å². The van der Waals surface area contributed by atoms with Crippen LogP contribution in [0, 0.1) is 0 Å². The average molecular weight is 283 g/mol. The highest BCUT2D eigenvalue weighted by Crippen LogP contribution is 2.11. The molecule has 0 N–H and O–H groups in total. The van der Waals surface area contributed by atoms with E-state index in [1.165, 1.54) is 44.9 Å². The first-order valence-electron chi connectivity index (χ1n) is 8.37. The van der Waals surface area contributed by atoms with E-state index >= 15 is 0 Å². The number of amides is 1. The minimum atomic E-state index is 0.106. The van der Waals surface area contributed by atoms with Gasteiger partial charge in [0, 0.05) is 19.9 Å². The fourth-order valence-electron chi connectivity index (χ4n) is 2.24. The highest BCUT2D eigenvalue weighted by molar-refractivity contribution is 5.85. The highest BCUT2D eigenvalue weighted by Gasteiger charge is 2.10. The molecule has 20 heavy (non-hydrogen) atoms. The van der Waals surface area contributed by atoms with Crippen molar-refractivity contribution in [3.8, 4) is 0 Å². The van der Waals surface area contributed by atoms with Crippen LogP contribution in [0.15, 0.2) is 0 Å². The molecular weight excluding hydrogens is 250 g/mol. The third-order valence-electron chi connectivity index (χ3n) is 3.73. The molecule has 0 fully saturated rings. The minimum Gasteiger partial charge on any atom is -0.338 e. The zero-order valence-corrected chi connectivity index (χ0v) is 13.7. The fraction of sp³-hybridized carbons (Fsp3) is 0.882. The number of rotatable bonds is 13. The SMILES string of the molecule is CCCCCCCCCCCC(=O)N(C)CC(=O)CC. The Balaban J connectivity index is 3.41. The maximum absolute atomic E-state index is 11.8. The van der Waals surface area contributed by atoms with Crippen molar-refractivity contribution in [2.24, 2.45) is 0 Å². The van der Waals surface area contributed by atoms with Gasteiger partial charge in [-0.3, -0.25) is 9.59 Å². The number of unbranched alkanes of at least 4 members (excludes halogenated alkanes) is 8. The summed E-state index contributed by atoms with van der Waals surface area (Å²) in [4.78, 5) is 24.6. The van der Waals surface area contributed by atoms with Crippen LogP contribution in [-0.2, 0) is 9.59 Å². The number of likely N-dealkylation sites (N-methyl/N-ethyl adjacent to an activating group) is 1. The van der Waals surface area contributed by atoms with Crippen LogP contribution in [0.5, 0.6) is 0 Å². The van der Waals surface area contributed by atoms with Crippen molar-refractivity contribution < 1.29 is 9.59 Å². The summed E-state index contributed by atoms with van der Waals surface area (Å²) in [5, 5.41) is 0. The van der Waals surface area contributed by atoms with E-state index in [1.807, 2.05) is 6.92 Å². The van der Waals surface area contributed by atoms with E-state index in [4.69, 9.17) is 0 Å². The number of hydrogen-bond acceptors (Lipinski definition) is 2. The summed E-state index contributed by atoms with van der Waals surface area (Å²) >= 11 is 0. The van der Waals surface area contributed by atoms with Gasteiger partial charge in [0.05, 0.1) is 6.54 Å². The Hall–Kier alpha value is -0.860. The van der Waals surface area contributed by atoms with Crippen LogP contribution in [0.25, 0.3) is 0 Å². The Kier molecular flexibility index (Phi) is 12.6. The second-order valence-electron chi connectivity index (χ2n) is 5.72. The smallest absolute Gasteiger partial charge is 0.222 e. The number of carbonyl (C=O) groups excluding carboxylic acids is 2. The third-order valence-corrected chi connectivity index (χ3v) is 3.73. The molecule has 3 nitrogen and oxygen atoms in total. The molecule has 0 saturated carbocycles. The quantitative estimate of drug-likeness (QED) is 0.471.